The maximum Gasteiger partial charge on any atom is 0.317 e. The second-order valence-electron chi connectivity index (χ2n) is 6.21. The van der Waals surface area contributed by atoms with Crippen molar-refractivity contribution in [2.75, 3.05) is 20.1 Å². The highest BCUT2D eigenvalue weighted by Gasteiger charge is 2.27. The second-order valence-corrected chi connectivity index (χ2v) is 6.21. The highest BCUT2D eigenvalue weighted by Crippen LogP contribution is 2.29. The lowest BCUT2D eigenvalue weighted by atomic mass is 9.97. The number of urea groups is 1. The van der Waals surface area contributed by atoms with Gasteiger partial charge in [-0.2, -0.15) is 4.98 Å². The molecule has 3 heterocycles. The number of fused-ring (bicyclic) bond motifs is 1. The Morgan fingerprint density at radius 2 is 2.08 bits per heavy atom. The van der Waals surface area contributed by atoms with Crippen molar-refractivity contribution in [1.29, 1.82) is 0 Å². The van der Waals surface area contributed by atoms with Crippen LogP contribution < -0.4 is 5.32 Å². The molecule has 7 nitrogen and oxygen atoms in total. The minimum absolute atomic E-state index is 0.0321. The zero-order chi connectivity index (χ0) is 17.2. The summed E-state index contributed by atoms with van der Waals surface area (Å²) in [7, 11) is 1.65. The lowest BCUT2D eigenvalue weighted by molar-refractivity contribution is 0.177. The van der Waals surface area contributed by atoms with Gasteiger partial charge in [0.05, 0.1) is 0 Å². The van der Waals surface area contributed by atoms with E-state index in [2.05, 4.69) is 20.4 Å². The first-order valence-electron chi connectivity index (χ1n) is 8.39. The maximum atomic E-state index is 11.7. The molecule has 1 aliphatic rings. The van der Waals surface area contributed by atoms with E-state index in [1.165, 1.54) is 0 Å². The minimum atomic E-state index is -0.0321. The number of hydrogen-bond donors (Lipinski definition) is 1. The lowest BCUT2D eigenvalue weighted by Crippen LogP contribution is -2.42. The van der Waals surface area contributed by atoms with Crippen LogP contribution in [0.25, 0.3) is 22.2 Å². The Morgan fingerprint density at radius 3 is 2.88 bits per heavy atom. The number of nitrogens with zero attached hydrogens (tertiary/aromatic N) is 4. The van der Waals surface area contributed by atoms with E-state index in [-0.39, 0.29) is 11.9 Å². The molecule has 0 atom stereocenters. The van der Waals surface area contributed by atoms with Crippen LogP contribution in [0, 0.1) is 0 Å². The van der Waals surface area contributed by atoms with E-state index in [1.54, 1.807) is 13.2 Å². The van der Waals surface area contributed by atoms with Gasteiger partial charge in [-0.1, -0.05) is 17.3 Å². The van der Waals surface area contributed by atoms with Gasteiger partial charge in [-0.15, -0.1) is 0 Å². The fraction of sp³-hybridized carbons (Fsp3) is 0.333. The summed E-state index contributed by atoms with van der Waals surface area (Å²) in [5, 5.41) is 8.98. The highest BCUT2D eigenvalue weighted by molar-refractivity contribution is 5.85. The number of hydrogen-bond acceptors (Lipinski definition) is 5. The van der Waals surface area contributed by atoms with Gasteiger partial charge in [-0.25, -0.2) is 4.79 Å². The fourth-order valence-corrected chi connectivity index (χ4v) is 3.23. The van der Waals surface area contributed by atoms with Crippen LogP contribution in [-0.2, 0) is 0 Å². The van der Waals surface area contributed by atoms with Crippen molar-refractivity contribution in [3.05, 3.63) is 42.5 Å². The second kappa shape index (κ2) is 6.51. The first-order valence-corrected chi connectivity index (χ1v) is 8.39. The van der Waals surface area contributed by atoms with E-state index in [1.807, 2.05) is 35.4 Å². The minimum Gasteiger partial charge on any atom is -0.341 e. The molecule has 0 aliphatic carbocycles. The number of likely N-dealkylation sites (tertiary alicyclic amines) is 1. The summed E-state index contributed by atoms with van der Waals surface area (Å²) in [6.07, 6.45) is 5.27. The van der Waals surface area contributed by atoms with Crippen molar-refractivity contribution in [2.45, 2.75) is 18.8 Å². The predicted octanol–water partition coefficient (Wildman–Crippen LogP) is 2.80. The molecule has 4 rings (SSSR count). The predicted molar refractivity (Wildman–Crippen MR) is 93.0 cm³/mol. The van der Waals surface area contributed by atoms with Crippen LogP contribution in [0.3, 0.4) is 0 Å². The number of benzene rings is 1. The Bertz CT molecular complexity index is 899. The first kappa shape index (κ1) is 15.6. The molecule has 2 amide bonds. The average Bonchev–Trinajstić information content (AvgIpc) is 3.17. The quantitative estimate of drug-likeness (QED) is 0.777. The summed E-state index contributed by atoms with van der Waals surface area (Å²) >= 11 is 0. The van der Waals surface area contributed by atoms with Crippen LogP contribution in [0.1, 0.15) is 24.7 Å². The van der Waals surface area contributed by atoms with E-state index in [0.717, 1.165) is 29.2 Å². The number of carbonyl (C=O) groups is 1. The van der Waals surface area contributed by atoms with Crippen LogP contribution in [-0.4, -0.2) is 46.2 Å². The van der Waals surface area contributed by atoms with E-state index < -0.39 is 0 Å². The lowest BCUT2D eigenvalue weighted by Gasteiger charge is -2.29. The van der Waals surface area contributed by atoms with Crippen molar-refractivity contribution in [1.82, 2.24) is 25.3 Å². The van der Waals surface area contributed by atoms with Gasteiger partial charge < -0.3 is 14.7 Å². The zero-order valence-electron chi connectivity index (χ0n) is 14.0. The molecule has 1 aromatic carbocycles. The molecule has 0 radical (unpaired) electrons. The molecule has 3 aromatic rings. The van der Waals surface area contributed by atoms with E-state index in [4.69, 9.17) is 4.52 Å². The molecule has 0 saturated carbocycles. The highest BCUT2D eigenvalue weighted by atomic mass is 16.5. The molecule has 2 aromatic heterocycles. The standard InChI is InChI=1S/C18H19N5O2/c1-19-18(24)23-8-5-12(6-9-23)17-21-16(22-25-17)14-2-3-15-11-20-7-4-13(15)10-14/h2-4,7,10-12H,5-6,8-9H2,1H3,(H,19,24). The summed E-state index contributed by atoms with van der Waals surface area (Å²) in [5.74, 6) is 1.45. The molecule has 0 unspecified atom stereocenters. The van der Waals surface area contributed by atoms with Gasteiger partial charge in [-0.3, -0.25) is 4.98 Å². The van der Waals surface area contributed by atoms with Crippen molar-refractivity contribution >= 4 is 16.8 Å². The van der Waals surface area contributed by atoms with E-state index in [9.17, 15) is 4.79 Å². The Kier molecular flexibility index (Phi) is 4.05. The van der Waals surface area contributed by atoms with Gasteiger partial charge >= 0.3 is 6.03 Å². The van der Waals surface area contributed by atoms with Crippen LogP contribution in [0.2, 0.25) is 0 Å². The van der Waals surface area contributed by atoms with Crippen molar-refractivity contribution in [2.24, 2.45) is 0 Å². The third-order valence-electron chi connectivity index (χ3n) is 4.69. The van der Waals surface area contributed by atoms with Crippen molar-refractivity contribution in [3.8, 4) is 11.4 Å². The smallest absolute Gasteiger partial charge is 0.317 e. The van der Waals surface area contributed by atoms with Crippen LogP contribution in [0.4, 0.5) is 4.79 Å². The van der Waals surface area contributed by atoms with Gasteiger partial charge in [0.1, 0.15) is 0 Å². The molecule has 1 N–H and O–H groups in total. The van der Waals surface area contributed by atoms with Gasteiger partial charge in [-0.05, 0) is 30.4 Å². The zero-order valence-corrected chi connectivity index (χ0v) is 14.0. The number of piperidine rings is 1. The number of carbonyl (C=O) groups excluding carboxylic acids is 1. The number of rotatable bonds is 2. The third-order valence-corrected chi connectivity index (χ3v) is 4.69. The van der Waals surface area contributed by atoms with Gasteiger partial charge in [0.2, 0.25) is 11.7 Å². The van der Waals surface area contributed by atoms with E-state index >= 15 is 0 Å². The molecule has 0 bridgehead atoms. The number of nitrogens with one attached hydrogen (secondary N) is 1. The summed E-state index contributed by atoms with van der Waals surface area (Å²) in [4.78, 5) is 22.2. The molecule has 7 heteroatoms. The topological polar surface area (TPSA) is 84.2 Å². The molecular weight excluding hydrogens is 318 g/mol. The molecular formula is C18H19N5O2. The number of amides is 2. The van der Waals surface area contributed by atoms with Crippen LogP contribution >= 0.6 is 0 Å². The number of pyridine rings is 1. The van der Waals surface area contributed by atoms with Crippen LogP contribution in [0.15, 0.2) is 41.2 Å². The first-order chi connectivity index (χ1) is 12.2. The summed E-state index contributed by atoms with van der Waals surface area (Å²) in [6.45, 7) is 1.40. The van der Waals surface area contributed by atoms with Crippen LogP contribution in [0.5, 0.6) is 0 Å². The Labute approximate surface area is 145 Å². The Hall–Kier alpha value is -2.96. The molecule has 0 spiro atoms. The fourth-order valence-electron chi connectivity index (χ4n) is 3.23. The van der Waals surface area contributed by atoms with Gasteiger partial charge in [0.15, 0.2) is 0 Å². The maximum absolute atomic E-state index is 11.7. The summed E-state index contributed by atoms with van der Waals surface area (Å²) in [6, 6.07) is 7.96. The van der Waals surface area contributed by atoms with Crippen molar-refractivity contribution in [3.63, 3.8) is 0 Å². The Balaban J connectivity index is 1.51. The largest absolute Gasteiger partial charge is 0.341 e. The monoisotopic (exact) mass is 337 g/mol. The number of aromatic nitrogens is 3. The van der Waals surface area contributed by atoms with Gasteiger partial charge in [0, 0.05) is 49.4 Å². The molecule has 1 saturated heterocycles. The molecule has 1 aliphatic heterocycles. The van der Waals surface area contributed by atoms with E-state index in [0.29, 0.717) is 24.8 Å². The molecule has 1 fully saturated rings. The normalized spacial score (nSPS) is 15.5. The van der Waals surface area contributed by atoms with Crippen molar-refractivity contribution < 1.29 is 9.32 Å². The summed E-state index contributed by atoms with van der Waals surface area (Å²) < 4.78 is 5.50. The third kappa shape index (κ3) is 3.05. The Morgan fingerprint density at radius 1 is 1.24 bits per heavy atom. The van der Waals surface area contributed by atoms with Gasteiger partial charge in [0.25, 0.3) is 0 Å². The SMILES string of the molecule is CNC(=O)N1CCC(c2nc(-c3ccc4cnccc4c3)no2)CC1. The molecule has 128 valence electrons. The average molecular weight is 337 g/mol. The molecule has 25 heavy (non-hydrogen) atoms. The summed E-state index contributed by atoms with van der Waals surface area (Å²) in [5.41, 5.74) is 0.927.